The molecular formula is C11H22N4O. The number of nitrogens with zero attached hydrogens (tertiary/aromatic N) is 3. The molecular weight excluding hydrogens is 204 g/mol. The molecule has 1 atom stereocenters. The van der Waals surface area contributed by atoms with Crippen molar-refractivity contribution in [2.45, 2.75) is 40.7 Å². The van der Waals surface area contributed by atoms with Crippen LogP contribution in [0.5, 0.6) is 0 Å². The fraction of sp³-hybridized carbons (Fsp3) is 0.818. The molecule has 1 aromatic rings. The minimum Gasteiger partial charge on any atom is -0.339 e. The Kier molecular flexibility index (Phi) is 3.91. The zero-order chi connectivity index (χ0) is 12.3. The van der Waals surface area contributed by atoms with Crippen molar-refractivity contribution in [1.29, 1.82) is 0 Å². The highest BCUT2D eigenvalue weighted by molar-refractivity contribution is 5.27. The van der Waals surface area contributed by atoms with Gasteiger partial charge in [0, 0.05) is 13.1 Å². The van der Waals surface area contributed by atoms with Gasteiger partial charge in [0.1, 0.15) is 0 Å². The second-order valence-corrected chi connectivity index (χ2v) is 4.95. The zero-order valence-electron chi connectivity index (χ0n) is 10.8. The van der Waals surface area contributed by atoms with Gasteiger partial charge in [0.2, 0.25) is 5.89 Å². The summed E-state index contributed by atoms with van der Waals surface area (Å²) >= 11 is 0. The molecule has 16 heavy (non-hydrogen) atoms. The molecule has 0 spiro atoms. The van der Waals surface area contributed by atoms with Crippen LogP contribution in [0.4, 0.5) is 5.95 Å². The lowest BCUT2D eigenvalue weighted by Crippen LogP contribution is -2.27. The van der Waals surface area contributed by atoms with Crippen LogP contribution in [-0.2, 0) is 0 Å². The highest BCUT2D eigenvalue weighted by Gasteiger charge is 2.28. The number of hydrogen-bond donors (Lipinski definition) is 1. The molecule has 0 amide bonds. The van der Waals surface area contributed by atoms with Gasteiger partial charge >= 0.3 is 0 Å². The molecule has 0 unspecified atom stereocenters. The van der Waals surface area contributed by atoms with Gasteiger partial charge in [0.15, 0.2) is 0 Å². The van der Waals surface area contributed by atoms with E-state index >= 15 is 0 Å². The van der Waals surface area contributed by atoms with Gasteiger partial charge in [-0.1, -0.05) is 20.8 Å². The van der Waals surface area contributed by atoms with Crippen LogP contribution in [0, 0.1) is 5.41 Å². The van der Waals surface area contributed by atoms with Gasteiger partial charge in [-0.3, -0.25) is 0 Å². The van der Waals surface area contributed by atoms with Crippen LogP contribution in [-0.4, -0.2) is 23.2 Å². The maximum atomic E-state index is 6.05. The first-order valence-corrected chi connectivity index (χ1v) is 5.74. The van der Waals surface area contributed by atoms with Crippen LogP contribution in [0.1, 0.15) is 46.6 Å². The van der Waals surface area contributed by atoms with Gasteiger partial charge in [-0.15, -0.1) is 0 Å². The quantitative estimate of drug-likeness (QED) is 0.850. The first kappa shape index (κ1) is 13.0. The fourth-order valence-corrected chi connectivity index (χ4v) is 1.36. The van der Waals surface area contributed by atoms with Crippen molar-refractivity contribution in [3.8, 4) is 0 Å². The van der Waals surface area contributed by atoms with E-state index in [0.29, 0.717) is 11.8 Å². The lowest BCUT2D eigenvalue weighted by molar-refractivity contribution is 0.253. The highest BCUT2D eigenvalue weighted by Crippen LogP contribution is 2.29. The predicted molar refractivity (Wildman–Crippen MR) is 64.2 cm³/mol. The van der Waals surface area contributed by atoms with E-state index in [2.05, 4.69) is 44.8 Å². The van der Waals surface area contributed by atoms with Crippen molar-refractivity contribution in [2.24, 2.45) is 11.1 Å². The van der Waals surface area contributed by atoms with Gasteiger partial charge in [-0.25, -0.2) is 0 Å². The first-order chi connectivity index (χ1) is 7.40. The van der Waals surface area contributed by atoms with E-state index in [0.717, 1.165) is 13.1 Å². The van der Waals surface area contributed by atoms with Gasteiger partial charge in [0.25, 0.3) is 5.95 Å². The Bertz CT molecular complexity index is 325. The summed E-state index contributed by atoms with van der Waals surface area (Å²) in [6.07, 6.45) is 0. The minimum absolute atomic E-state index is 0.0763. The van der Waals surface area contributed by atoms with E-state index in [4.69, 9.17) is 10.3 Å². The molecule has 1 rings (SSSR count). The zero-order valence-corrected chi connectivity index (χ0v) is 10.8. The molecule has 0 saturated heterocycles. The van der Waals surface area contributed by atoms with E-state index in [1.54, 1.807) is 0 Å². The normalized spacial score (nSPS) is 13.9. The van der Waals surface area contributed by atoms with Gasteiger partial charge in [-0.05, 0) is 24.4 Å². The summed E-state index contributed by atoms with van der Waals surface area (Å²) in [5.41, 5.74) is 5.98. The van der Waals surface area contributed by atoms with Gasteiger partial charge < -0.3 is 15.2 Å². The average Bonchev–Trinajstić information content (AvgIpc) is 2.66. The summed E-state index contributed by atoms with van der Waals surface area (Å²) in [7, 11) is 0. The molecule has 0 aromatic carbocycles. The Morgan fingerprint density at radius 1 is 1.31 bits per heavy atom. The Labute approximate surface area is 97.0 Å². The molecule has 1 heterocycles. The van der Waals surface area contributed by atoms with Crippen LogP contribution in [0.15, 0.2) is 4.52 Å². The number of hydrogen-bond acceptors (Lipinski definition) is 5. The summed E-state index contributed by atoms with van der Waals surface area (Å²) < 4.78 is 5.21. The Morgan fingerprint density at radius 2 is 1.88 bits per heavy atom. The van der Waals surface area contributed by atoms with Gasteiger partial charge in [0.05, 0.1) is 6.04 Å². The van der Waals surface area contributed by atoms with Crippen LogP contribution >= 0.6 is 0 Å². The third kappa shape index (κ3) is 2.72. The van der Waals surface area contributed by atoms with Crippen molar-refractivity contribution in [3.05, 3.63) is 5.89 Å². The molecule has 2 N–H and O–H groups in total. The van der Waals surface area contributed by atoms with Gasteiger partial charge in [-0.2, -0.15) is 4.98 Å². The standard InChI is InChI=1S/C11H22N4O/c1-6-15(7-2)10-13-9(16-14-10)8(12)11(3,4)5/h8H,6-7,12H2,1-5H3/t8-/m0/s1. The number of nitrogens with two attached hydrogens (primary N) is 1. The Morgan fingerprint density at radius 3 is 2.31 bits per heavy atom. The van der Waals surface area contributed by atoms with Crippen molar-refractivity contribution in [2.75, 3.05) is 18.0 Å². The molecule has 0 radical (unpaired) electrons. The largest absolute Gasteiger partial charge is 0.339 e. The molecule has 1 aromatic heterocycles. The van der Waals surface area contributed by atoms with E-state index in [-0.39, 0.29) is 11.5 Å². The summed E-state index contributed by atoms with van der Waals surface area (Å²) in [6.45, 7) is 12.0. The van der Waals surface area contributed by atoms with Crippen molar-refractivity contribution in [1.82, 2.24) is 10.1 Å². The van der Waals surface area contributed by atoms with Crippen molar-refractivity contribution in [3.63, 3.8) is 0 Å². The lowest BCUT2D eigenvalue weighted by atomic mass is 9.87. The van der Waals surface area contributed by atoms with Crippen LogP contribution in [0.3, 0.4) is 0 Å². The summed E-state index contributed by atoms with van der Waals surface area (Å²) in [4.78, 5) is 6.37. The second kappa shape index (κ2) is 4.82. The molecule has 0 aliphatic heterocycles. The van der Waals surface area contributed by atoms with E-state index in [1.165, 1.54) is 0 Å². The van der Waals surface area contributed by atoms with E-state index in [9.17, 15) is 0 Å². The third-order valence-corrected chi connectivity index (χ3v) is 2.68. The van der Waals surface area contributed by atoms with Crippen LogP contribution < -0.4 is 10.6 Å². The van der Waals surface area contributed by atoms with E-state index < -0.39 is 0 Å². The van der Waals surface area contributed by atoms with E-state index in [1.807, 2.05) is 4.90 Å². The molecule has 92 valence electrons. The molecule has 0 saturated carbocycles. The van der Waals surface area contributed by atoms with Crippen molar-refractivity contribution < 1.29 is 4.52 Å². The first-order valence-electron chi connectivity index (χ1n) is 5.74. The maximum absolute atomic E-state index is 6.05. The molecule has 5 nitrogen and oxygen atoms in total. The van der Waals surface area contributed by atoms with Crippen LogP contribution in [0.25, 0.3) is 0 Å². The minimum atomic E-state index is -0.232. The Balaban J connectivity index is 2.86. The van der Waals surface area contributed by atoms with Crippen molar-refractivity contribution >= 4 is 5.95 Å². The maximum Gasteiger partial charge on any atom is 0.266 e. The molecule has 0 bridgehead atoms. The van der Waals surface area contributed by atoms with Crippen LogP contribution in [0.2, 0.25) is 0 Å². The number of rotatable bonds is 4. The predicted octanol–water partition coefficient (Wildman–Crippen LogP) is 1.96. The summed E-state index contributed by atoms with van der Waals surface area (Å²) in [5.74, 6) is 1.13. The molecule has 0 fully saturated rings. The average molecular weight is 226 g/mol. The lowest BCUT2D eigenvalue weighted by Gasteiger charge is -2.23. The SMILES string of the molecule is CCN(CC)c1noc([C@H](N)C(C)(C)C)n1. The molecule has 0 aliphatic rings. The summed E-state index contributed by atoms with van der Waals surface area (Å²) in [5, 5.41) is 3.95. The topological polar surface area (TPSA) is 68.2 Å². The number of anilines is 1. The number of aromatic nitrogens is 2. The third-order valence-electron chi connectivity index (χ3n) is 2.68. The fourth-order valence-electron chi connectivity index (χ4n) is 1.36. The Hall–Kier alpha value is -1.10. The molecule has 5 heteroatoms. The highest BCUT2D eigenvalue weighted by atomic mass is 16.5. The monoisotopic (exact) mass is 226 g/mol. The summed E-state index contributed by atoms with van der Waals surface area (Å²) in [6, 6.07) is -0.232. The second-order valence-electron chi connectivity index (χ2n) is 4.95. The smallest absolute Gasteiger partial charge is 0.266 e. The molecule has 0 aliphatic carbocycles.